The monoisotopic (exact) mass is 457 g/mol. The van der Waals surface area contributed by atoms with Gasteiger partial charge in [-0.1, -0.05) is 0 Å². The first-order valence-corrected chi connectivity index (χ1v) is 11.4. The van der Waals surface area contributed by atoms with Crippen LogP contribution in [0.1, 0.15) is 19.5 Å². The number of halogens is 2. The summed E-state index contributed by atoms with van der Waals surface area (Å²) >= 11 is 0. The number of sulfonamides is 1. The number of hydrogen-bond donors (Lipinski definition) is 2. The molecule has 0 aliphatic carbocycles. The highest BCUT2D eigenvalue weighted by molar-refractivity contribution is 7.93. The van der Waals surface area contributed by atoms with Crippen molar-refractivity contribution in [3.05, 3.63) is 72.1 Å². The van der Waals surface area contributed by atoms with E-state index in [0.29, 0.717) is 16.9 Å². The number of aromatic nitrogens is 2. The van der Waals surface area contributed by atoms with Crippen LogP contribution in [0.25, 0.3) is 22.2 Å². The van der Waals surface area contributed by atoms with Crippen LogP contribution in [-0.2, 0) is 10.0 Å². The second kappa shape index (κ2) is 8.23. The van der Waals surface area contributed by atoms with E-state index in [1.807, 2.05) is 19.1 Å². The lowest BCUT2D eigenvalue weighted by molar-refractivity contribution is 0.439. The Labute approximate surface area is 184 Å². The van der Waals surface area contributed by atoms with Crippen LogP contribution in [-0.4, -0.2) is 23.6 Å². The highest BCUT2D eigenvalue weighted by atomic mass is 32.2. The third-order valence-electron chi connectivity index (χ3n) is 4.92. The smallest absolute Gasteiger partial charge is 0.235 e. The van der Waals surface area contributed by atoms with E-state index < -0.39 is 26.9 Å². The number of nitrogens with one attached hydrogen (secondary N) is 2. The van der Waals surface area contributed by atoms with Crippen LogP contribution < -0.4 is 9.46 Å². The average Bonchev–Trinajstić information content (AvgIpc) is 3.18. The summed E-state index contributed by atoms with van der Waals surface area (Å²) in [5.74, 6) is -1.44. The van der Waals surface area contributed by atoms with Gasteiger partial charge in [-0.25, -0.2) is 22.2 Å². The quantitative estimate of drug-likeness (QED) is 0.386. The molecule has 0 saturated heterocycles. The zero-order valence-corrected chi connectivity index (χ0v) is 18.4. The lowest BCUT2D eigenvalue weighted by atomic mass is 10.0. The van der Waals surface area contributed by atoms with Crippen molar-refractivity contribution in [3.63, 3.8) is 0 Å². The van der Waals surface area contributed by atoms with Gasteiger partial charge in [0.05, 0.1) is 5.25 Å². The summed E-state index contributed by atoms with van der Waals surface area (Å²) in [6.45, 7) is 4.98. The predicted molar refractivity (Wildman–Crippen MR) is 120 cm³/mol. The minimum Gasteiger partial charge on any atom is -0.454 e. The maximum Gasteiger partial charge on any atom is 0.235 e. The number of rotatable bonds is 6. The zero-order chi connectivity index (χ0) is 23.0. The fourth-order valence-electron chi connectivity index (χ4n) is 3.24. The maximum atomic E-state index is 14.3. The van der Waals surface area contributed by atoms with Gasteiger partial charge in [-0.3, -0.25) is 4.72 Å². The number of nitrogens with zero attached hydrogens (tertiary/aromatic N) is 1. The molecular weight excluding hydrogens is 436 g/mol. The highest BCUT2D eigenvalue weighted by Crippen LogP contribution is 2.39. The zero-order valence-electron chi connectivity index (χ0n) is 17.6. The van der Waals surface area contributed by atoms with Gasteiger partial charge in [-0.15, -0.1) is 0 Å². The Hall–Kier alpha value is -3.46. The molecule has 32 heavy (non-hydrogen) atoms. The number of pyridine rings is 1. The molecule has 4 aromatic rings. The molecule has 2 aromatic carbocycles. The van der Waals surface area contributed by atoms with Crippen molar-refractivity contribution >= 4 is 26.7 Å². The van der Waals surface area contributed by atoms with Crippen molar-refractivity contribution in [2.45, 2.75) is 26.0 Å². The van der Waals surface area contributed by atoms with Gasteiger partial charge >= 0.3 is 0 Å². The second-order valence-electron chi connectivity index (χ2n) is 7.63. The van der Waals surface area contributed by atoms with Crippen LogP contribution in [0.5, 0.6) is 11.5 Å². The summed E-state index contributed by atoms with van der Waals surface area (Å²) in [4.78, 5) is 7.51. The molecular formula is C23H21F2N3O3S. The SMILES string of the molecule is Cc1cc(-c2cc(NS(=O)(=O)C(C)C)ccc2Oc2ccc(F)cc2F)c2cc[nH]c2n1. The van der Waals surface area contributed by atoms with Crippen molar-refractivity contribution in [1.82, 2.24) is 9.97 Å². The Morgan fingerprint density at radius 1 is 1.00 bits per heavy atom. The fourth-order valence-corrected chi connectivity index (χ4v) is 3.93. The highest BCUT2D eigenvalue weighted by Gasteiger charge is 2.19. The van der Waals surface area contributed by atoms with Crippen molar-refractivity contribution in [1.29, 1.82) is 0 Å². The van der Waals surface area contributed by atoms with E-state index in [9.17, 15) is 17.2 Å². The molecule has 0 aliphatic heterocycles. The number of aryl methyl sites for hydroxylation is 1. The first-order valence-electron chi connectivity index (χ1n) is 9.88. The van der Waals surface area contributed by atoms with Gasteiger partial charge in [0, 0.05) is 34.6 Å². The van der Waals surface area contributed by atoms with Gasteiger partial charge in [0.15, 0.2) is 11.6 Å². The van der Waals surface area contributed by atoms with Crippen molar-refractivity contribution in [2.75, 3.05) is 4.72 Å². The molecule has 4 rings (SSSR count). The molecule has 0 atom stereocenters. The lowest BCUT2D eigenvalue weighted by Gasteiger charge is -2.16. The minimum atomic E-state index is -3.58. The Kier molecular flexibility index (Phi) is 5.60. The topological polar surface area (TPSA) is 84.1 Å². The average molecular weight is 458 g/mol. The summed E-state index contributed by atoms with van der Waals surface area (Å²) in [6.07, 6.45) is 1.74. The van der Waals surface area contributed by atoms with E-state index in [0.717, 1.165) is 28.8 Å². The van der Waals surface area contributed by atoms with Gasteiger partial charge in [-0.2, -0.15) is 0 Å². The molecule has 0 fully saturated rings. The number of aromatic amines is 1. The summed E-state index contributed by atoms with van der Waals surface area (Å²) in [5, 5.41) is 0.152. The molecule has 0 bridgehead atoms. The molecule has 9 heteroatoms. The van der Waals surface area contributed by atoms with E-state index >= 15 is 0 Å². The predicted octanol–water partition coefficient (Wildman–Crippen LogP) is 5.76. The Morgan fingerprint density at radius 3 is 2.47 bits per heavy atom. The van der Waals surface area contributed by atoms with Crippen LogP contribution in [0.15, 0.2) is 54.7 Å². The van der Waals surface area contributed by atoms with Crippen LogP contribution in [0, 0.1) is 18.6 Å². The van der Waals surface area contributed by atoms with Crippen molar-refractivity contribution in [3.8, 4) is 22.6 Å². The molecule has 2 aromatic heterocycles. The number of H-pyrrole nitrogens is 1. The Bertz CT molecular complexity index is 1420. The standard InChI is InChI=1S/C23H21F2N3O3S/c1-13(2)32(29,30)28-16-5-7-21(31-22-6-4-15(24)11-20(22)25)19(12-16)18-10-14(3)27-23-17(18)8-9-26-23/h4-13,28H,1-3H3,(H,26,27). The summed E-state index contributed by atoms with van der Waals surface area (Å²) < 4.78 is 60.7. The van der Waals surface area contributed by atoms with E-state index in [2.05, 4.69) is 14.7 Å². The van der Waals surface area contributed by atoms with Gasteiger partial charge in [0.2, 0.25) is 10.0 Å². The fraction of sp³-hybridized carbons (Fsp3) is 0.174. The van der Waals surface area contributed by atoms with Gasteiger partial charge in [-0.05, 0) is 68.8 Å². The van der Waals surface area contributed by atoms with E-state index in [4.69, 9.17) is 4.74 Å². The van der Waals surface area contributed by atoms with Crippen molar-refractivity contribution in [2.24, 2.45) is 0 Å². The second-order valence-corrected chi connectivity index (χ2v) is 9.87. The molecule has 0 aliphatic rings. The largest absolute Gasteiger partial charge is 0.454 e. The summed E-state index contributed by atoms with van der Waals surface area (Å²) in [5.41, 5.74) is 2.94. The Morgan fingerprint density at radius 2 is 1.75 bits per heavy atom. The summed E-state index contributed by atoms with van der Waals surface area (Å²) in [7, 11) is -3.58. The number of ether oxygens (including phenoxy) is 1. The van der Waals surface area contributed by atoms with E-state index in [-0.39, 0.29) is 11.5 Å². The molecule has 0 radical (unpaired) electrons. The number of benzene rings is 2. The van der Waals surface area contributed by atoms with Crippen LogP contribution in [0.3, 0.4) is 0 Å². The first-order chi connectivity index (χ1) is 15.1. The van der Waals surface area contributed by atoms with Crippen LogP contribution >= 0.6 is 0 Å². The van der Waals surface area contributed by atoms with Gasteiger partial charge < -0.3 is 9.72 Å². The Balaban J connectivity index is 1.88. The molecule has 2 heterocycles. The molecule has 0 unspecified atom stereocenters. The van der Waals surface area contributed by atoms with Gasteiger partial charge in [0.25, 0.3) is 0 Å². The van der Waals surface area contributed by atoms with Crippen LogP contribution in [0.4, 0.5) is 14.5 Å². The molecule has 166 valence electrons. The molecule has 0 amide bonds. The minimum absolute atomic E-state index is 0.153. The third-order valence-corrected chi connectivity index (χ3v) is 6.68. The summed E-state index contributed by atoms with van der Waals surface area (Å²) in [6, 6.07) is 11.4. The van der Waals surface area contributed by atoms with Gasteiger partial charge in [0.1, 0.15) is 17.2 Å². The number of fused-ring (bicyclic) bond motifs is 1. The maximum absolute atomic E-state index is 14.3. The molecule has 6 nitrogen and oxygen atoms in total. The normalized spacial score (nSPS) is 11.8. The molecule has 0 spiro atoms. The lowest BCUT2D eigenvalue weighted by Crippen LogP contribution is -2.22. The van der Waals surface area contributed by atoms with E-state index in [1.165, 1.54) is 12.1 Å². The molecule has 0 saturated carbocycles. The van der Waals surface area contributed by atoms with Crippen LogP contribution in [0.2, 0.25) is 0 Å². The van der Waals surface area contributed by atoms with E-state index in [1.54, 1.807) is 32.2 Å². The number of anilines is 1. The van der Waals surface area contributed by atoms with Crippen molar-refractivity contribution < 1.29 is 21.9 Å². The first kappa shape index (κ1) is 21.8. The molecule has 2 N–H and O–H groups in total. The number of hydrogen-bond acceptors (Lipinski definition) is 4. The third kappa shape index (κ3) is 4.29.